The molecule has 2 amide bonds. The minimum absolute atomic E-state index is 0.0254. The van der Waals surface area contributed by atoms with E-state index in [1.165, 1.54) is 24.5 Å². The van der Waals surface area contributed by atoms with Crippen LogP contribution in [0.2, 0.25) is 0 Å². The fourth-order valence-electron chi connectivity index (χ4n) is 3.88. The summed E-state index contributed by atoms with van der Waals surface area (Å²) in [5, 5.41) is 7.90. The maximum absolute atomic E-state index is 13.7. The summed E-state index contributed by atoms with van der Waals surface area (Å²) in [6.45, 7) is 0.363. The first-order valence-corrected chi connectivity index (χ1v) is 10.7. The van der Waals surface area contributed by atoms with Crippen LogP contribution in [-0.2, 0) is 22.6 Å². The van der Waals surface area contributed by atoms with E-state index in [-0.39, 0.29) is 24.0 Å². The summed E-state index contributed by atoms with van der Waals surface area (Å²) in [5.41, 5.74) is 1.14. The zero-order valence-electron chi connectivity index (χ0n) is 16.6. The summed E-state index contributed by atoms with van der Waals surface area (Å²) < 4.78 is 20.7. The van der Waals surface area contributed by atoms with Gasteiger partial charge in [-0.25, -0.2) is 9.37 Å². The second-order valence-electron chi connectivity index (χ2n) is 7.58. The Balaban J connectivity index is 1.37. The Morgan fingerprint density at radius 2 is 2.33 bits per heavy atom. The fraction of sp³-hybridized carbons (Fsp3) is 0.381. The lowest BCUT2D eigenvalue weighted by Gasteiger charge is -2.29. The number of hydrogen-bond acceptors (Lipinski definition) is 5. The van der Waals surface area contributed by atoms with E-state index in [9.17, 15) is 14.0 Å². The molecule has 7 nitrogen and oxygen atoms in total. The van der Waals surface area contributed by atoms with Gasteiger partial charge >= 0.3 is 0 Å². The van der Waals surface area contributed by atoms with Gasteiger partial charge in [0.05, 0.1) is 19.3 Å². The molecule has 158 valence electrons. The van der Waals surface area contributed by atoms with Gasteiger partial charge in [0.25, 0.3) is 0 Å². The van der Waals surface area contributed by atoms with Crippen LogP contribution in [0.15, 0.2) is 36.0 Å². The fourth-order valence-corrected chi connectivity index (χ4v) is 4.60. The summed E-state index contributed by atoms with van der Waals surface area (Å²) in [6.07, 6.45) is 6.17. The molecule has 3 heterocycles. The second-order valence-corrected chi connectivity index (χ2v) is 8.45. The van der Waals surface area contributed by atoms with Crippen LogP contribution >= 0.6 is 11.3 Å². The lowest BCUT2D eigenvalue weighted by atomic mass is 9.85. The number of amides is 2. The van der Waals surface area contributed by atoms with Crippen molar-refractivity contribution < 1.29 is 18.7 Å². The zero-order chi connectivity index (χ0) is 21.1. The molecule has 3 aromatic rings. The number of nitrogens with zero attached hydrogens (tertiary/aromatic N) is 2. The lowest BCUT2D eigenvalue weighted by molar-refractivity contribution is -0.122. The van der Waals surface area contributed by atoms with Crippen molar-refractivity contribution in [3.05, 3.63) is 53.0 Å². The number of thiazole rings is 1. The molecule has 0 aliphatic carbocycles. The van der Waals surface area contributed by atoms with Gasteiger partial charge in [-0.15, -0.1) is 11.3 Å². The number of imidazole rings is 1. The lowest BCUT2D eigenvalue weighted by Crippen LogP contribution is -2.44. The van der Waals surface area contributed by atoms with Crippen LogP contribution in [-0.4, -0.2) is 33.8 Å². The molecule has 1 atom stereocenters. The highest BCUT2D eigenvalue weighted by Gasteiger charge is 2.38. The highest BCUT2D eigenvalue weighted by atomic mass is 32.1. The quantitative estimate of drug-likeness (QED) is 0.576. The van der Waals surface area contributed by atoms with E-state index in [0.717, 1.165) is 16.2 Å². The maximum Gasteiger partial charge on any atom is 0.220 e. The predicted molar refractivity (Wildman–Crippen MR) is 111 cm³/mol. The van der Waals surface area contributed by atoms with Crippen molar-refractivity contribution in [1.82, 2.24) is 20.0 Å². The summed E-state index contributed by atoms with van der Waals surface area (Å²) in [7, 11) is 1.42. The van der Waals surface area contributed by atoms with E-state index in [2.05, 4.69) is 15.6 Å². The van der Waals surface area contributed by atoms with Crippen LogP contribution in [0, 0.1) is 5.82 Å². The van der Waals surface area contributed by atoms with Crippen LogP contribution in [0.4, 0.5) is 4.39 Å². The SMILES string of the molecule is COc1cc(C[C@]2(CCC(=O)NCc3cn4ccsc4n3)CCC(=O)N2)ccc1F. The third kappa shape index (κ3) is 4.46. The molecule has 0 unspecified atom stereocenters. The minimum Gasteiger partial charge on any atom is -0.494 e. The molecule has 0 saturated carbocycles. The Morgan fingerprint density at radius 1 is 1.47 bits per heavy atom. The molecule has 1 aliphatic heterocycles. The summed E-state index contributed by atoms with van der Waals surface area (Å²) in [4.78, 5) is 29.7. The molecular weight excluding hydrogens is 407 g/mol. The van der Waals surface area contributed by atoms with Gasteiger partial charge in [0.1, 0.15) is 0 Å². The van der Waals surface area contributed by atoms with Gasteiger partial charge in [-0.3, -0.25) is 14.0 Å². The van der Waals surface area contributed by atoms with E-state index < -0.39 is 11.4 Å². The monoisotopic (exact) mass is 430 g/mol. The summed E-state index contributed by atoms with van der Waals surface area (Å²) >= 11 is 1.54. The van der Waals surface area contributed by atoms with E-state index >= 15 is 0 Å². The normalized spacial score (nSPS) is 18.5. The number of halogens is 1. The van der Waals surface area contributed by atoms with Gasteiger partial charge < -0.3 is 15.4 Å². The highest BCUT2D eigenvalue weighted by molar-refractivity contribution is 7.15. The van der Waals surface area contributed by atoms with Crippen molar-refractivity contribution in [2.75, 3.05) is 7.11 Å². The molecule has 0 spiro atoms. The number of rotatable bonds is 8. The van der Waals surface area contributed by atoms with E-state index in [4.69, 9.17) is 4.74 Å². The smallest absolute Gasteiger partial charge is 0.220 e. The van der Waals surface area contributed by atoms with Crippen molar-refractivity contribution in [2.24, 2.45) is 0 Å². The molecule has 2 aromatic heterocycles. The van der Waals surface area contributed by atoms with Crippen LogP contribution < -0.4 is 15.4 Å². The largest absolute Gasteiger partial charge is 0.494 e. The van der Waals surface area contributed by atoms with Gasteiger partial charge in [-0.2, -0.15) is 0 Å². The Labute approximate surface area is 177 Å². The molecule has 1 fully saturated rings. The molecule has 9 heteroatoms. The molecular formula is C21H23FN4O3S. The first-order chi connectivity index (χ1) is 14.5. The Kier molecular flexibility index (Phi) is 5.72. The molecule has 0 bridgehead atoms. The van der Waals surface area contributed by atoms with Gasteiger partial charge in [0.15, 0.2) is 16.5 Å². The summed E-state index contributed by atoms with van der Waals surface area (Å²) in [6, 6.07) is 4.70. The number of carbonyl (C=O) groups excluding carboxylic acids is 2. The van der Waals surface area contributed by atoms with E-state index in [1.54, 1.807) is 12.1 Å². The highest BCUT2D eigenvalue weighted by Crippen LogP contribution is 2.31. The minimum atomic E-state index is -0.520. The molecule has 1 saturated heterocycles. The van der Waals surface area contributed by atoms with Gasteiger partial charge in [0, 0.05) is 36.2 Å². The van der Waals surface area contributed by atoms with Crippen molar-refractivity contribution in [3.63, 3.8) is 0 Å². The third-order valence-electron chi connectivity index (χ3n) is 5.43. The maximum atomic E-state index is 13.7. The van der Waals surface area contributed by atoms with Crippen LogP contribution in [0.25, 0.3) is 4.96 Å². The first-order valence-electron chi connectivity index (χ1n) is 9.78. The standard InChI is InChI=1S/C21H23FN4O3S/c1-29-17-10-14(2-3-16(17)22)11-21(7-5-19(28)25-21)6-4-18(27)23-12-15-13-26-8-9-30-20(26)24-15/h2-3,8-10,13H,4-7,11-12H2,1H3,(H,23,27)(H,25,28)/t21-/m0/s1. The van der Waals surface area contributed by atoms with Crippen molar-refractivity contribution in [2.45, 2.75) is 44.2 Å². The van der Waals surface area contributed by atoms with Crippen molar-refractivity contribution >= 4 is 28.1 Å². The van der Waals surface area contributed by atoms with Gasteiger partial charge in [-0.1, -0.05) is 6.07 Å². The van der Waals surface area contributed by atoms with Crippen LogP contribution in [0.1, 0.15) is 36.9 Å². The van der Waals surface area contributed by atoms with Gasteiger partial charge in [0.2, 0.25) is 11.8 Å². The number of aromatic nitrogens is 2. The molecule has 1 aromatic carbocycles. The van der Waals surface area contributed by atoms with E-state index in [0.29, 0.717) is 32.2 Å². The number of fused-ring (bicyclic) bond motifs is 1. The van der Waals surface area contributed by atoms with Crippen molar-refractivity contribution in [3.8, 4) is 5.75 Å². The number of ether oxygens (including phenoxy) is 1. The average Bonchev–Trinajstić information content (AvgIpc) is 3.42. The topological polar surface area (TPSA) is 84.7 Å². The van der Waals surface area contributed by atoms with E-state index in [1.807, 2.05) is 22.2 Å². The van der Waals surface area contributed by atoms with Crippen LogP contribution in [0.5, 0.6) is 5.75 Å². The Bertz CT molecular complexity index is 1050. The molecule has 0 radical (unpaired) electrons. The Morgan fingerprint density at radius 3 is 3.07 bits per heavy atom. The molecule has 2 N–H and O–H groups in total. The number of nitrogens with one attached hydrogen (secondary N) is 2. The number of carbonyl (C=O) groups is 2. The number of hydrogen-bond donors (Lipinski definition) is 2. The first kappa shape index (κ1) is 20.3. The van der Waals surface area contributed by atoms with Crippen LogP contribution in [0.3, 0.4) is 0 Å². The molecule has 30 heavy (non-hydrogen) atoms. The number of benzene rings is 1. The van der Waals surface area contributed by atoms with Crippen molar-refractivity contribution in [1.29, 1.82) is 0 Å². The zero-order valence-corrected chi connectivity index (χ0v) is 17.4. The third-order valence-corrected chi connectivity index (χ3v) is 6.20. The Hall–Kier alpha value is -2.94. The number of methoxy groups -OCH3 is 1. The van der Waals surface area contributed by atoms with Gasteiger partial charge in [-0.05, 0) is 37.0 Å². The average molecular weight is 431 g/mol. The molecule has 1 aliphatic rings. The summed E-state index contributed by atoms with van der Waals surface area (Å²) in [5.74, 6) is -0.375. The second kappa shape index (κ2) is 8.43. The predicted octanol–water partition coefficient (Wildman–Crippen LogP) is 2.83. The molecule has 4 rings (SSSR count).